The van der Waals surface area contributed by atoms with Gasteiger partial charge in [-0.25, -0.2) is 4.98 Å². The maximum absolute atomic E-state index is 5.31. The molecule has 0 saturated carbocycles. The number of hydrogen-bond donors (Lipinski definition) is 1. The maximum Gasteiger partial charge on any atom is 0.118 e. The first-order valence-electron chi connectivity index (χ1n) is 9.73. The molecule has 0 radical (unpaired) electrons. The summed E-state index contributed by atoms with van der Waals surface area (Å²) in [6.45, 7) is 1.51. The van der Waals surface area contributed by atoms with E-state index in [1.54, 1.807) is 20.5 Å². The first-order chi connectivity index (χ1) is 14.7. The number of anilines is 1. The second kappa shape index (κ2) is 9.22. The second-order valence-electron chi connectivity index (χ2n) is 7.10. The van der Waals surface area contributed by atoms with Crippen molar-refractivity contribution in [2.75, 3.05) is 19.1 Å². The number of alkyl halides is 1. The fourth-order valence-corrected chi connectivity index (χ4v) is 3.86. The van der Waals surface area contributed by atoms with Crippen LogP contribution in [0.4, 0.5) is 5.69 Å². The van der Waals surface area contributed by atoms with Crippen molar-refractivity contribution in [1.82, 2.24) is 9.97 Å². The number of aromatic amines is 1. The highest BCUT2D eigenvalue weighted by atomic mass is 79.9. The number of benzene rings is 3. The Bertz CT molecular complexity index is 1060. The van der Waals surface area contributed by atoms with Crippen molar-refractivity contribution in [2.45, 2.75) is 18.4 Å². The lowest BCUT2D eigenvalue weighted by atomic mass is 10.1. The molecule has 30 heavy (non-hydrogen) atoms. The van der Waals surface area contributed by atoms with Crippen LogP contribution < -0.4 is 14.4 Å². The SMILES string of the molecule is COc1ccc(CN(Cc2ccc(OC)cc2)c2cc(CBr)cc3[nH]cnc23)cc1. The Morgan fingerprint density at radius 3 is 1.90 bits per heavy atom. The highest BCUT2D eigenvalue weighted by Crippen LogP contribution is 2.30. The fourth-order valence-electron chi connectivity index (χ4n) is 3.54. The van der Waals surface area contributed by atoms with E-state index < -0.39 is 0 Å². The van der Waals surface area contributed by atoms with E-state index >= 15 is 0 Å². The normalized spacial score (nSPS) is 10.9. The first-order valence-corrected chi connectivity index (χ1v) is 10.8. The Balaban J connectivity index is 1.73. The second-order valence-corrected chi connectivity index (χ2v) is 7.66. The molecule has 0 aliphatic carbocycles. The minimum atomic E-state index is 0.754. The van der Waals surface area contributed by atoms with E-state index in [0.29, 0.717) is 0 Å². The van der Waals surface area contributed by atoms with Gasteiger partial charge in [0.15, 0.2) is 0 Å². The Morgan fingerprint density at radius 2 is 1.40 bits per heavy atom. The smallest absolute Gasteiger partial charge is 0.118 e. The zero-order chi connectivity index (χ0) is 20.9. The van der Waals surface area contributed by atoms with E-state index in [0.717, 1.165) is 46.6 Å². The molecule has 3 aromatic carbocycles. The summed E-state index contributed by atoms with van der Waals surface area (Å²) in [6.07, 6.45) is 1.76. The third kappa shape index (κ3) is 4.44. The number of imidazole rings is 1. The van der Waals surface area contributed by atoms with E-state index in [-0.39, 0.29) is 0 Å². The van der Waals surface area contributed by atoms with Crippen molar-refractivity contribution in [1.29, 1.82) is 0 Å². The lowest BCUT2D eigenvalue weighted by Gasteiger charge is -2.26. The number of hydrogen-bond acceptors (Lipinski definition) is 4. The van der Waals surface area contributed by atoms with Crippen LogP contribution >= 0.6 is 15.9 Å². The standard InChI is InChI=1S/C24H24BrN3O2/c1-29-20-7-3-17(4-8-20)14-28(15-18-5-9-21(30-2)10-6-18)23-12-19(13-25)11-22-24(23)27-16-26-22/h3-12,16H,13-15H2,1-2H3,(H,26,27). The zero-order valence-electron chi connectivity index (χ0n) is 17.1. The highest BCUT2D eigenvalue weighted by Gasteiger charge is 2.15. The highest BCUT2D eigenvalue weighted by molar-refractivity contribution is 9.08. The molecule has 0 spiro atoms. The third-order valence-corrected chi connectivity index (χ3v) is 5.77. The molecular weight excluding hydrogens is 442 g/mol. The lowest BCUT2D eigenvalue weighted by Crippen LogP contribution is -2.22. The predicted molar refractivity (Wildman–Crippen MR) is 125 cm³/mol. The van der Waals surface area contributed by atoms with Crippen LogP contribution in [0.3, 0.4) is 0 Å². The van der Waals surface area contributed by atoms with Gasteiger partial charge in [0.05, 0.1) is 31.8 Å². The van der Waals surface area contributed by atoms with Gasteiger partial charge >= 0.3 is 0 Å². The van der Waals surface area contributed by atoms with E-state index in [4.69, 9.17) is 9.47 Å². The molecular formula is C24H24BrN3O2. The molecule has 0 aliphatic rings. The van der Waals surface area contributed by atoms with Gasteiger partial charge in [0, 0.05) is 18.4 Å². The largest absolute Gasteiger partial charge is 0.497 e. The van der Waals surface area contributed by atoms with E-state index in [2.05, 4.69) is 67.2 Å². The van der Waals surface area contributed by atoms with Crippen LogP contribution in [-0.4, -0.2) is 24.2 Å². The molecule has 6 heteroatoms. The molecule has 0 fully saturated rings. The van der Waals surface area contributed by atoms with Crippen molar-refractivity contribution in [3.05, 3.63) is 83.7 Å². The number of fused-ring (bicyclic) bond motifs is 1. The summed E-state index contributed by atoms with van der Waals surface area (Å²) in [5, 5.41) is 0.786. The molecule has 154 valence electrons. The molecule has 1 N–H and O–H groups in total. The van der Waals surface area contributed by atoms with Crippen molar-refractivity contribution < 1.29 is 9.47 Å². The average Bonchev–Trinajstić information content (AvgIpc) is 3.27. The van der Waals surface area contributed by atoms with Crippen LogP contribution in [0.5, 0.6) is 11.5 Å². The summed E-state index contributed by atoms with van der Waals surface area (Å²) < 4.78 is 10.6. The van der Waals surface area contributed by atoms with Crippen molar-refractivity contribution in [2.24, 2.45) is 0 Å². The van der Waals surface area contributed by atoms with Crippen LogP contribution in [0.25, 0.3) is 11.0 Å². The number of nitrogens with one attached hydrogen (secondary N) is 1. The molecule has 0 amide bonds. The monoisotopic (exact) mass is 465 g/mol. The number of aromatic nitrogens is 2. The summed E-state index contributed by atoms with van der Waals surface area (Å²) in [7, 11) is 3.37. The van der Waals surface area contributed by atoms with Gasteiger partial charge in [-0.2, -0.15) is 0 Å². The van der Waals surface area contributed by atoms with Crippen LogP contribution in [0.2, 0.25) is 0 Å². The van der Waals surface area contributed by atoms with Gasteiger partial charge in [0.25, 0.3) is 0 Å². The van der Waals surface area contributed by atoms with Gasteiger partial charge in [0.1, 0.15) is 17.0 Å². The molecule has 5 nitrogen and oxygen atoms in total. The predicted octanol–water partition coefficient (Wildman–Crippen LogP) is 5.68. The Morgan fingerprint density at radius 1 is 0.833 bits per heavy atom. The minimum Gasteiger partial charge on any atom is -0.497 e. The number of methoxy groups -OCH3 is 2. The Kier molecular flexibility index (Phi) is 6.23. The van der Waals surface area contributed by atoms with Crippen molar-refractivity contribution >= 4 is 32.7 Å². The lowest BCUT2D eigenvalue weighted by molar-refractivity contribution is 0.414. The third-order valence-electron chi connectivity index (χ3n) is 5.12. The van der Waals surface area contributed by atoms with E-state index in [9.17, 15) is 0 Å². The molecule has 0 unspecified atom stereocenters. The molecule has 1 heterocycles. The fraction of sp³-hybridized carbons (Fsp3) is 0.208. The molecule has 0 bridgehead atoms. The first kappa shape index (κ1) is 20.3. The summed E-state index contributed by atoms with van der Waals surface area (Å²) >= 11 is 3.60. The van der Waals surface area contributed by atoms with Crippen LogP contribution in [-0.2, 0) is 18.4 Å². The van der Waals surface area contributed by atoms with Crippen molar-refractivity contribution in [3.8, 4) is 11.5 Å². The molecule has 0 aliphatic heterocycles. The summed E-state index contributed by atoms with van der Waals surface area (Å²) in [6, 6.07) is 20.8. The molecule has 0 atom stereocenters. The zero-order valence-corrected chi connectivity index (χ0v) is 18.6. The number of nitrogens with zero attached hydrogens (tertiary/aromatic N) is 2. The summed E-state index contributed by atoms with van der Waals surface area (Å²) in [4.78, 5) is 10.2. The Hall–Kier alpha value is -2.99. The van der Waals surface area contributed by atoms with Gasteiger partial charge in [-0.15, -0.1) is 0 Å². The van der Waals surface area contributed by atoms with E-state index in [1.807, 2.05) is 24.3 Å². The molecule has 4 aromatic rings. The molecule has 0 saturated heterocycles. The number of halogens is 1. The van der Waals surface area contributed by atoms with Crippen LogP contribution in [0.15, 0.2) is 67.0 Å². The van der Waals surface area contributed by atoms with Crippen LogP contribution in [0.1, 0.15) is 16.7 Å². The number of rotatable bonds is 8. The van der Waals surface area contributed by atoms with Gasteiger partial charge in [-0.1, -0.05) is 40.2 Å². The van der Waals surface area contributed by atoms with Crippen LogP contribution in [0, 0.1) is 0 Å². The van der Waals surface area contributed by atoms with E-state index in [1.165, 1.54) is 16.7 Å². The average molecular weight is 466 g/mol. The van der Waals surface area contributed by atoms with Gasteiger partial charge in [-0.05, 0) is 53.1 Å². The summed E-state index contributed by atoms with van der Waals surface area (Å²) in [5.74, 6) is 1.72. The number of ether oxygens (including phenoxy) is 2. The number of H-pyrrole nitrogens is 1. The van der Waals surface area contributed by atoms with Crippen molar-refractivity contribution in [3.63, 3.8) is 0 Å². The minimum absolute atomic E-state index is 0.754. The van der Waals surface area contributed by atoms with Gasteiger partial charge < -0.3 is 19.4 Å². The van der Waals surface area contributed by atoms with Gasteiger partial charge in [-0.3, -0.25) is 0 Å². The van der Waals surface area contributed by atoms with Gasteiger partial charge in [0.2, 0.25) is 0 Å². The quantitative estimate of drug-likeness (QED) is 0.340. The topological polar surface area (TPSA) is 50.4 Å². The summed E-state index contributed by atoms with van der Waals surface area (Å²) in [5.41, 5.74) is 6.73. The maximum atomic E-state index is 5.31. The molecule has 1 aromatic heterocycles. The molecule has 4 rings (SSSR count). The Labute approximate surface area is 184 Å².